The van der Waals surface area contributed by atoms with Crippen LogP contribution in [0.1, 0.15) is 46.5 Å². The van der Waals surface area contributed by atoms with Gasteiger partial charge in [0.15, 0.2) is 0 Å². The van der Waals surface area contributed by atoms with Gasteiger partial charge in [-0.1, -0.05) is 0 Å². The smallest absolute Gasteiger partial charge is 0.306 e. The molecule has 0 bridgehead atoms. The Hall–Kier alpha value is -1.28. The van der Waals surface area contributed by atoms with Crippen LogP contribution in [0.15, 0.2) is 0 Å². The monoisotopic (exact) mass is 359 g/mol. The Bertz CT molecular complexity index is 465. The van der Waals surface area contributed by atoms with Gasteiger partial charge in [-0.15, -0.1) is 0 Å². The number of hydrogen-bond acceptors (Lipinski definition) is 6. The zero-order chi connectivity index (χ0) is 18.3. The Labute approximate surface area is 147 Å². The average molecular weight is 359 g/mol. The van der Waals surface area contributed by atoms with Crippen LogP contribution < -0.4 is 11.5 Å². The zero-order valence-electron chi connectivity index (χ0n) is 14.7. The minimum atomic E-state index is -0.656. The van der Waals surface area contributed by atoms with E-state index in [0.717, 1.165) is 12.2 Å². The van der Waals surface area contributed by atoms with Gasteiger partial charge in [0.25, 0.3) is 0 Å². The third kappa shape index (κ3) is 7.09. The lowest BCUT2D eigenvalue weighted by atomic mass is 10.2. The van der Waals surface area contributed by atoms with Crippen LogP contribution in [0, 0.1) is 0 Å². The van der Waals surface area contributed by atoms with Crippen LogP contribution in [0.2, 0.25) is 0 Å². The molecule has 7 nitrogen and oxygen atoms in total. The largest absolute Gasteiger partial charge is 0.460 e. The van der Waals surface area contributed by atoms with E-state index in [1.807, 2.05) is 20.8 Å². The Kier molecular flexibility index (Phi) is 8.02. The van der Waals surface area contributed by atoms with Crippen LogP contribution in [-0.2, 0) is 19.1 Å². The normalized spacial score (nSPS) is 19.2. The van der Waals surface area contributed by atoms with Gasteiger partial charge in [-0.3, -0.25) is 14.4 Å². The highest BCUT2D eigenvalue weighted by atomic mass is 32.2. The van der Waals surface area contributed by atoms with Crippen molar-refractivity contribution in [1.82, 2.24) is 4.90 Å². The van der Waals surface area contributed by atoms with Gasteiger partial charge >= 0.3 is 5.97 Å². The van der Waals surface area contributed by atoms with Gasteiger partial charge in [0.2, 0.25) is 11.8 Å². The maximum absolute atomic E-state index is 12.3. The van der Waals surface area contributed by atoms with Gasteiger partial charge in [0.05, 0.1) is 6.04 Å². The number of rotatable bonds is 8. The molecule has 0 radical (unpaired) electrons. The number of amides is 2. The highest BCUT2D eigenvalue weighted by molar-refractivity contribution is 7.99. The highest BCUT2D eigenvalue weighted by Gasteiger charge is 2.34. The van der Waals surface area contributed by atoms with Crippen molar-refractivity contribution >= 4 is 29.5 Å². The van der Waals surface area contributed by atoms with Gasteiger partial charge in [-0.05, 0) is 45.8 Å². The van der Waals surface area contributed by atoms with Crippen molar-refractivity contribution in [3.05, 3.63) is 0 Å². The molecule has 4 N–H and O–H groups in total. The topological polar surface area (TPSA) is 116 Å². The number of carbonyl (C=O) groups is 3. The van der Waals surface area contributed by atoms with Crippen LogP contribution in [0.25, 0.3) is 0 Å². The van der Waals surface area contributed by atoms with Crippen LogP contribution in [0.4, 0.5) is 0 Å². The van der Waals surface area contributed by atoms with E-state index < -0.39 is 23.6 Å². The van der Waals surface area contributed by atoms with Crippen molar-refractivity contribution in [3.63, 3.8) is 0 Å². The summed E-state index contributed by atoms with van der Waals surface area (Å²) < 4.78 is 5.23. The standard InChI is InChI=1S/C16H29N3O4S/c1-16(2,3)23-13(20)7-5-9-24-10-11(17)15(22)19-8-4-6-12(19)14(18)21/h11-12H,4-10,17H2,1-3H3,(H2,18,21)/t11-,12-/m0/s1. The minimum Gasteiger partial charge on any atom is -0.460 e. The number of likely N-dealkylation sites (tertiary alicyclic amines) is 1. The van der Waals surface area contributed by atoms with Crippen LogP contribution in [0.3, 0.4) is 0 Å². The maximum atomic E-state index is 12.3. The molecule has 1 fully saturated rings. The first-order chi connectivity index (χ1) is 11.1. The summed E-state index contributed by atoms with van der Waals surface area (Å²) in [5, 5.41) is 0. The fraction of sp³-hybridized carbons (Fsp3) is 0.812. The highest BCUT2D eigenvalue weighted by Crippen LogP contribution is 2.19. The fourth-order valence-corrected chi connectivity index (χ4v) is 3.44. The third-order valence-electron chi connectivity index (χ3n) is 3.57. The number of nitrogens with zero attached hydrogens (tertiary/aromatic N) is 1. The molecule has 0 aromatic carbocycles. The molecule has 8 heteroatoms. The number of nitrogens with two attached hydrogens (primary N) is 2. The van der Waals surface area contributed by atoms with E-state index in [0.29, 0.717) is 31.6 Å². The summed E-state index contributed by atoms with van der Waals surface area (Å²) in [5.74, 6) is 0.257. The fourth-order valence-electron chi connectivity index (χ4n) is 2.53. The van der Waals surface area contributed by atoms with E-state index in [9.17, 15) is 14.4 Å². The Morgan fingerprint density at radius 1 is 1.33 bits per heavy atom. The molecular weight excluding hydrogens is 330 g/mol. The summed E-state index contributed by atoms with van der Waals surface area (Å²) in [6, 6.07) is -1.18. The molecule has 0 aliphatic carbocycles. The predicted octanol–water partition coefficient (Wildman–Crippen LogP) is 0.645. The van der Waals surface area contributed by atoms with Crippen molar-refractivity contribution in [2.45, 2.75) is 64.1 Å². The molecule has 138 valence electrons. The van der Waals surface area contributed by atoms with Crippen molar-refractivity contribution in [2.75, 3.05) is 18.1 Å². The van der Waals surface area contributed by atoms with Gasteiger partial charge in [-0.25, -0.2) is 0 Å². The molecule has 1 rings (SSSR count). The molecule has 0 spiro atoms. The number of hydrogen-bond donors (Lipinski definition) is 2. The second kappa shape index (κ2) is 9.27. The van der Waals surface area contributed by atoms with Crippen molar-refractivity contribution in [3.8, 4) is 0 Å². The molecule has 2 amide bonds. The number of carbonyl (C=O) groups excluding carboxylic acids is 3. The molecule has 0 saturated carbocycles. The number of thioether (sulfide) groups is 1. The summed E-state index contributed by atoms with van der Waals surface area (Å²) in [6.45, 7) is 6.04. The molecule has 1 aliphatic rings. The second-order valence-electron chi connectivity index (χ2n) is 6.96. The number of ether oxygens (including phenoxy) is 1. The van der Waals surface area contributed by atoms with Crippen LogP contribution in [0.5, 0.6) is 0 Å². The lowest BCUT2D eigenvalue weighted by Gasteiger charge is -2.25. The summed E-state index contributed by atoms with van der Waals surface area (Å²) in [4.78, 5) is 36.7. The van der Waals surface area contributed by atoms with Crippen molar-refractivity contribution in [1.29, 1.82) is 0 Å². The Balaban J connectivity index is 2.24. The lowest BCUT2D eigenvalue weighted by Crippen LogP contribution is -2.51. The summed E-state index contributed by atoms with van der Waals surface area (Å²) in [5.41, 5.74) is 10.8. The van der Waals surface area contributed by atoms with Crippen molar-refractivity contribution in [2.24, 2.45) is 11.5 Å². The quantitative estimate of drug-likeness (QED) is 0.485. The zero-order valence-corrected chi connectivity index (χ0v) is 15.6. The molecule has 0 unspecified atom stereocenters. The molecule has 1 saturated heterocycles. The van der Waals surface area contributed by atoms with Gasteiger partial charge < -0.3 is 21.1 Å². The SMILES string of the molecule is CC(C)(C)OC(=O)CCCSC[C@H](N)C(=O)N1CCC[C@H]1C(N)=O. The molecule has 2 atom stereocenters. The Morgan fingerprint density at radius 2 is 2.00 bits per heavy atom. The molecule has 0 aromatic heterocycles. The number of primary amides is 1. The van der Waals surface area contributed by atoms with E-state index in [1.54, 1.807) is 0 Å². The summed E-state index contributed by atoms with van der Waals surface area (Å²) in [7, 11) is 0. The van der Waals surface area contributed by atoms with E-state index in [1.165, 1.54) is 16.7 Å². The molecular formula is C16H29N3O4S. The van der Waals surface area contributed by atoms with E-state index >= 15 is 0 Å². The maximum Gasteiger partial charge on any atom is 0.306 e. The van der Waals surface area contributed by atoms with E-state index in [2.05, 4.69) is 0 Å². The van der Waals surface area contributed by atoms with Crippen molar-refractivity contribution < 1.29 is 19.1 Å². The lowest BCUT2D eigenvalue weighted by molar-refractivity contribution is -0.154. The van der Waals surface area contributed by atoms with Gasteiger partial charge in [0, 0.05) is 18.7 Å². The number of esters is 1. The average Bonchev–Trinajstić information content (AvgIpc) is 2.93. The third-order valence-corrected chi connectivity index (χ3v) is 4.74. The van der Waals surface area contributed by atoms with E-state index in [-0.39, 0.29) is 11.9 Å². The molecule has 24 heavy (non-hydrogen) atoms. The first-order valence-electron chi connectivity index (χ1n) is 8.27. The summed E-state index contributed by atoms with van der Waals surface area (Å²) >= 11 is 1.52. The molecule has 1 heterocycles. The predicted molar refractivity (Wildman–Crippen MR) is 94.3 cm³/mol. The van der Waals surface area contributed by atoms with Gasteiger partial charge in [-0.2, -0.15) is 11.8 Å². The molecule has 1 aliphatic heterocycles. The van der Waals surface area contributed by atoms with Crippen LogP contribution in [-0.4, -0.2) is 58.4 Å². The molecule has 0 aromatic rings. The Morgan fingerprint density at radius 3 is 2.58 bits per heavy atom. The second-order valence-corrected chi connectivity index (χ2v) is 8.11. The first kappa shape index (κ1) is 20.8. The first-order valence-corrected chi connectivity index (χ1v) is 9.42. The summed E-state index contributed by atoms with van der Waals surface area (Å²) in [6.07, 6.45) is 2.41. The van der Waals surface area contributed by atoms with Gasteiger partial charge in [0.1, 0.15) is 11.6 Å². The van der Waals surface area contributed by atoms with E-state index in [4.69, 9.17) is 16.2 Å². The van der Waals surface area contributed by atoms with Crippen LogP contribution >= 0.6 is 11.8 Å². The minimum absolute atomic E-state index is 0.218.